The summed E-state index contributed by atoms with van der Waals surface area (Å²) in [6.45, 7) is 0.275. The normalized spacial score (nSPS) is 23.7. The Kier molecular flexibility index (Phi) is 5.69. The van der Waals surface area contributed by atoms with Crippen molar-refractivity contribution in [3.63, 3.8) is 0 Å². The number of piperazine rings is 1. The maximum absolute atomic E-state index is 13.0. The van der Waals surface area contributed by atoms with Crippen molar-refractivity contribution in [1.29, 1.82) is 0 Å². The molecule has 5 rings (SSSR count). The van der Waals surface area contributed by atoms with E-state index in [0.29, 0.717) is 23.9 Å². The molecule has 2 aliphatic heterocycles. The Balaban J connectivity index is 1.31. The topological polar surface area (TPSA) is 82.1 Å². The average Bonchev–Trinajstić information content (AvgIpc) is 3.64. The van der Waals surface area contributed by atoms with Crippen LogP contribution in [0.25, 0.3) is 0 Å². The first kappa shape index (κ1) is 21.4. The molecule has 0 spiro atoms. The van der Waals surface area contributed by atoms with Gasteiger partial charge >= 0.3 is 6.03 Å². The van der Waals surface area contributed by atoms with Crippen molar-refractivity contribution in [2.24, 2.45) is 5.92 Å². The van der Waals surface area contributed by atoms with Crippen molar-refractivity contribution < 1.29 is 19.4 Å². The zero-order valence-corrected chi connectivity index (χ0v) is 18.5. The Morgan fingerprint density at radius 1 is 1.18 bits per heavy atom. The van der Waals surface area contributed by atoms with Crippen LogP contribution in [0.2, 0.25) is 0 Å². The molecule has 0 bridgehead atoms. The molecular weight excluding hydrogens is 418 g/mol. The molecule has 2 N–H and O–H groups in total. The first-order valence-corrected chi connectivity index (χ1v) is 11.3. The number of carbonyl (C=O) groups is 2. The van der Waals surface area contributed by atoms with Gasteiger partial charge in [-0.2, -0.15) is 0 Å². The molecule has 0 aromatic heterocycles. The molecule has 3 amide bonds. The Labute approximate surface area is 193 Å². The van der Waals surface area contributed by atoms with Crippen LogP contribution >= 0.6 is 0 Å². The van der Waals surface area contributed by atoms with E-state index in [1.165, 1.54) is 17.7 Å². The maximum atomic E-state index is 13.0. The highest BCUT2D eigenvalue weighted by Gasteiger charge is 2.54. The second-order valence-corrected chi connectivity index (χ2v) is 8.82. The summed E-state index contributed by atoms with van der Waals surface area (Å²) in [5.74, 6) is 7.40. The highest BCUT2D eigenvalue weighted by molar-refractivity contribution is 5.94. The number of hydrogen-bond donors (Lipinski definition) is 2. The predicted octanol–water partition coefficient (Wildman–Crippen LogP) is 2.66. The minimum Gasteiger partial charge on any atom is -0.495 e. The van der Waals surface area contributed by atoms with Crippen LogP contribution in [0, 0.1) is 17.8 Å². The molecule has 3 atom stereocenters. The van der Waals surface area contributed by atoms with Crippen LogP contribution in [-0.4, -0.2) is 65.7 Å². The molecule has 1 saturated carbocycles. The van der Waals surface area contributed by atoms with Crippen LogP contribution in [0.1, 0.15) is 29.9 Å². The maximum Gasteiger partial charge on any atom is 0.322 e. The molecule has 0 radical (unpaired) electrons. The van der Waals surface area contributed by atoms with E-state index in [1.807, 2.05) is 36.4 Å². The summed E-state index contributed by atoms with van der Waals surface area (Å²) in [6, 6.07) is 14.4. The predicted molar refractivity (Wildman–Crippen MR) is 124 cm³/mol. The summed E-state index contributed by atoms with van der Waals surface area (Å²) in [5.41, 5.74) is 2.58. The number of carbonyl (C=O) groups excluding carboxylic acids is 2. The Bertz CT molecular complexity index is 1120. The number of methoxy groups -OCH3 is 1. The van der Waals surface area contributed by atoms with Crippen LogP contribution in [-0.2, 0) is 4.79 Å². The lowest BCUT2D eigenvalue weighted by Crippen LogP contribution is -2.73. The Morgan fingerprint density at radius 2 is 1.94 bits per heavy atom. The molecule has 0 unspecified atom stereocenters. The monoisotopic (exact) mass is 445 g/mol. The van der Waals surface area contributed by atoms with Crippen LogP contribution in [0.4, 0.5) is 10.5 Å². The molecule has 7 heteroatoms. The van der Waals surface area contributed by atoms with Crippen LogP contribution < -0.4 is 10.1 Å². The third-order valence-electron chi connectivity index (χ3n) is 6.68. The van der Waals surface area contributed by atoms with Crippen LogP contribution in [0.15, 0.2) is 48.5 Å². The average molecular weight is 446 g/mol. The van der Waals surface area contributed by atoms with E-state index in [2.05, 4.69) is 17.2 Å². The summed E-state index contributed by atoms with van der Waals surface area (Å²) in [7, 11) is 1.55. The minimum absolute atomic E-state index is 0.0175. The molecular formula is C26H27N3O4. The van der Waals surface area contributed by atoms with Gasteiger partial charge in [-0.15, -0.1) is 0 Å². The lowest BCUT2D eigenvalue weighted by Gasteiger charge is -2.58. The van der Waals surface area contributed by atoms with Gasteiger partial charge in [0.1, 0.15) is 12.3 Å². The number of urea groups is 1. The fraction of sp³-hybridized carbons (Fsp3) is 0.385. The summed E-state index contributed by atoms with van der Waals surface area (Å²) < 4.78 is 5.31. The molecule has 2 saturated heterocycles. The number of hydrogen-bond acceptors (Lipinski definition) is 4. The lowest BCUT2D eigenvalue weighted by molar-refractivity contribution is -0.159. The summed E-state index contributed by atoms with van der Waals surface area (Å²) >= 11 is 0. The van der Waals surface area contributed by atoms with E-state index < -0.39 is 0 Å². The van der Waals surface area contributed by atoms with Crippen molar-refractivity contribution in [3.8, 4) is 17.6 Å². The third kappa shape index (κ3) is 4.14. The van der Waals surface area contributed by atoms with Gasteiger partial charge in [0.15, 0.2) is 0 Å². The van der Waals surface area contributed by atoms with E-state index in [4.69, 9.17) is 4.74 Å². The Hall–Kier alpha value is -3.50. The van der Waals surface area contributed by atoms with Gasteiger partial charge in [0.25, 0.3) is 0 Å². The molecule has 7 nitrogen and oxygen atoms in total. The second-order valence-electron chi connectivity index (χ2n) is 8.82. The van der Waals surface area contributed by atoms with Gasteiger partial charge in [-0.25, -0.2) is 4.79 Å². The van der Waals surface area contributed by atoms with Gasteiger partial charge in [-0.3, -0.25) is 4.79 Å². The first-order chi connectivity index (χ1) is 16.1. The Morgan fingerprint density at radius 3 is 2.64 bits per heavy atom. The molecule has 2 aromatic rings. The number of amides is 3. The van der Waals surface area contributed by atoms with Crippen molar-refractivity contribution in [2.75, 3.05) is 32.1 Å². The summed E-state index contributed by atoms with van der Waals surface area (Å²) in [4.78, 5) is 29.1. The standard InChI is InChI=1S/C26H27N3O4/c1-33-23-5-3-2-4-20(23)27-26(32)28-14-21-25(22(16-30)29(21)24(31)15-28)19-12-10-18(11-13-19)9-8-17-6-7-17/h2-5,10-13,17,21-22,25,30H,6-7,14-16H2,1H3,(H,27,32)/t21-,22-,25-/m0/s1. The smallest absolute Gasteiger partial charge is 0.322 e. The zero-order valence-electron chi connectivity index (χ0n) is 18.5. The van der Waals surface area contributed by atoms with Gasteiger partial charge in [0.2, 0.25) is 5.91 Å². The van der Waals surface area contributed by atoms with Gasteiger partial charge in [0.05, 0.1) is 31.5 Å². The lowest BCUT2D eigenvalue weighted by atomic mass is 9.73. The molecule has 33 heavy (non-hydrogen) atoms. The van der Waals surface area contributed by atoms with E-state index in [9.17, 15) is 14.7 Å². The SMILES string of the molecule is COc1ccccc1NC(=O)N1CC(=O)N2[C@@H](CO)[C@@H](c3ccc(C#CC4CC4)cc3)[C@@H]2C1. The van der Waals surface area contributed by atoms with E-state index >= 15 is 0 Å². The van der Waals surface area contributed by atoms with Crippen molar-refractivity contribution in [3.05, 3.63) is 59.7 Å². The number of aliphatic hydroxyl groups excluding tert-OH is 1. The molecule has 1 aliphatic carbocycles. The number of ether oxygens (including phenoxy) is 1. The number of benzene rings is 2. The highest BCUT2D eigenvalue weighted by atomic mass is 16.5. The summed E-state index contributed by atoms with van der Waals surface area (Å²) in [6.07, 6.45) is 2.38. The van der Waals surface area contributed by atoms with E-state index in [0.717, 1.165) is 11.1 Å². The van der Waals surface area contributed by atoms with Gasteiger partial charge < -0.3 is 25.0 Å². The minimum atomic E-state index is -0.343. The second kappa shape index (κ2) is 8.80. The highest BCUT2D eigenvalue weighted by Crippen LogP contribution is 2.43. The number of rotatable bonds is 4. The van der Waals surface area contributed by atoms with E-state index in [-0.39, 0.29) is 43.1 Å². The quantitative estimate of drug-likeness (QED) is 0.709. The van der Waals surface area contributed by atoms with Crippen LogP contribution in [0.5, 0.6) is 5.75 Å². The molecule has 3 fully saturated rings. The number of fused-ring (bicyclic) bond motifs is 1. The van der Waals surface area contributed by atoms with Crippen molar-refractivity contribution in [2.45, 2.75) is 30.8 Å². The van der Waals surface area contributed by atoms with Crippen molar-refractivity contribution >= 4 is 17.6 Å². The number of nitrogens with one attached hydrogen (secondary N) is 1. The number of aliphatic hydroxyl groups is 1. The molecule has 170 valence electrons. The fourth-order valence-corrected chi connectivity index (χ4v) is 4.80. The largest absolute Gasteiger partial charge is 0.495 e. The molecule has 3 aliphatic rings. The molecule has 2 heterocycles. The fourth-order valence-electron chi connectivity index (χ4n) is 4.80. The zero-order chi connectivity index (χ0) is 22.9. The van der Waals surface area contributed by atoms with Crippen molar-refractivity contribution in [1.82, 2.24) is 9.80 Å². The number of anilines is 1. The number of para-hydroxylation sites is 2. The van der Waals surface area contributed by atoms with Crippen LogP contribution in [0.3, 0.4) is 0 Å². The first-order valence-electron chi connectivity index (χ1n) is 11.3. The van der Waals surface area contributed by atoms with Gasteiger partial charge in [-0.05, 0) is 42.7 Å². The summed E-state index contributed by atoms with van der Waals surface area (Å²) in [5, 5.41) is 12.8. The van der Waals surface area contributed by atoms with E-state index in [1.54, 1.807) is 24.1 Å². The number of nitrogens with zero attached hydrogens (tertiary/aromatic N) is 2. The van der Waals surface area contributed by atoms with Gasteiger partial charge in [0, 0.05) is 23.9 Å². The molecule has 2 aromatic carbocycles. The third-order valence-corrected chi connectivity index (χ3v) is 6.68. The van der Waals surface area contributed by atoms with Gasteiger partial charge in [-0.1, -0.05) is 36.1 Å².